The molecule has 21 heavy (non-hydrogen) atoms. The van der Waals surface area contributed by atoms with E-state index in [0.717, 1.165) is 19.0 Å². The minimum absolute atomic E-state index is 0.426. The lowest BCUT2D eigenvalue weighted by atomic mass is 9.89. The predicted molar refractivity (Wildman–Crippen MR) is 91.5 cm³/mol. The van der Waals surface area contributed by atoms with Crippen molar-refractivity contribution in [2.75, 3.05) is 19.6 Å². The molecular formula is C19H32N2. The van der Waals surface area contributed by atoms with E-state index in [4.69, 9.17) is 0 Å². The molecule has 0 radical (unpaired) electrons. The zero-order valence-corrected chi connectivity index (χ0v) is 14.2. The highest BCUT2D eigenvalue weighted by Gasteiger charge is 2.33. The summed E-state index contributed by atoms with van der Waals surface area (Å²) >= 11 is 0. The monoisotopic (exact) mass is 288 g/mol. The van der Waals surface area contributed by atoms with Gasteiger partial charge in [-0.1, -0.05) is 58.0 Å². The van der Waals surface area contributed by atoms with Gasteiger partial charge in [-0.3, -0.25) is 4.90 Å². The highest BCUT2D eigenvalue weighted by atomic mass is 15.2. The van der Waals surface area contributed by atoms with Crippen LogP contribution in [0.2, 0.25) is 0 Å². The van der Waals surface area contributed by atoms with E-state index >= 15 is 0 Å². The summed E-state index contributed by atoms with van der Waals surface area (Å²) < 4.78 is 0. The summed E-state index contributed by atoms with van der Waals surface area (Å²) in [6.45, 7) is 12.7. The number of hydrogen-bond acceptors (Lipinski definition) is 2. The lowest BCUT2D eigenvalue weighted by molar-refractivity contribution is 0.118. The van der Waals surface area contributed by atoms with Gasteiger partial charge in [0.2, 0.25) is 0 Å². The van der Waals surface area contributed by atoms with Gasteiger partial charge in [-0.2, -0.15) is 0 Å². The van der Waals surface area contributed by atoms with Crippen LogP contribution in [0.4, 0.5) is 0 Å². The molecule has 0 bridgehead atoms. The topological polar surface area (TPSA) is 15.3 Å². The molecule has 2 unspecified atom stereocenters. The van der Waals surface area contributed by atoms with Crippen molar-refractivity contribution in [2.45, 2.75) is 52.6 Å². The summed E-state index contributed by atoms with van der Waals surface area (Å²) in [5.74, 6) is 1.59. The van der Waals surface area contributed by atoms with E-state index in [1.807, 2.05) is 0 Å². The fourth-order valence-corrected chi connectivity index (χ4v) is 3.43. The molecule has 1 fully saturated rings. The lowest BCUT2D eigenvalue weighted by Crippen LogP contribution is -2.48. The number of nitrogens with zero attached hydrogens (tertiary/aromatic N) is 1. The summed E-state index contributed by atoms with van der Waals surface area (Å²) in [7, 11) is 0. The van der Waals surface area contributed by atoms with Crippen LogP contribution < -0.4 is 5.32 Å². The number of benzene rings is 1. The van der Waals surface area contributed by atoms with E-state index in [1.54, 1.807) is 0 Å². The fourth-order valence-electron chi connectivity index (χ4n) is 3.43. The first kappa shape index (κ1) is 16.5. The lowest BCUT2D eigenvalue weighted by Gasteiger charge is -2.40. The number of hydrogen-bond donors (Lipinski definition) is 1. The van der Waals surface area contributed by atoms with Gasteiger partial charge in [0, 0.05) is 18.6 Å². The van der Waals surface area contributed by atoms with Gasteiger partial charge in [0.25, 0.3) is 0 Å². The molecule has 2 atom stereocenters. The Labute approximate surface area is 130 Å². The van der Waals surface area contributed by atoms with Crippen molar-refractivity contribution in [2.24, 2.45) is 11.8 Å². The van der Waals surface area contributed by atoms with Gasteiger partial charge in [-0.15, -0.1) is 0 Å². The van der Waals surface area contributed by atoms with Crippen LogP contribution in [0.5, 0.6) is 0 Å². The van der Waals surface area contributed by atoms with E-state index < -0.39 is 0 Å². The van der Waals surface area contributed by atoms with E-state index in [0.29, 0.717) is 18.0 Å². The number of nitrogens with one attached hydrogen (secondary N) is 1. The highest BCUT2D eigenvalue weighted by molar-refractivity contribution is 5.21. The Kier molecular flexibility index (Phi) is 6.25. The highest BCUT2D eigenvalue weighted by Crippen LogP contribution is 2.33. The SMILES string of the molecule is CCNC(c1ccccc1)C(C(C)C)N(CC)CC1CC1. The maximum Gasteiger partial charge on any atom is 0.0480 e. The van der Waals surface area contributed by atoms with Crippen molar-refractivity contribution in [3.63, 3.8) is 0 Å². The Morgan fingerprint density at radius 2 is 1.81 bits per heavy atom. The molecule has 1 saturated carbocycles. The summed E-state index contributed by atoms with van der Waals surface area (Å²) in [6, 6.07) is 12.0. The van der Waals surface area contributed by atoms with Crippen molar-refractivity contribution >= 4 is 0 Å². The quantitative estimate of drug-likeness (QED) is 0.736. The molecule has 1 N–H and O–H groups in total. The minimum atomic E-state index is 0.426. The van der Waals surface area contributed by atoms with E-state index in [-0.39, 0.29) is 0 Å². The van der Waals surface area contributed by atoms with Crippen LogP contribution in [-0.4, -0.2) is 30.6 Å². The van der Waals surface area contributed by atoms with Crippen molar-refractivity contribution < 1.29 is 0 Å². The molecule has 2 heteroatoms. The molecule has 118 valence electrons. The zero-order valence-electron chi connectivity index (χ0n) is 14.2. The third kappa shape index (κ3) is 4.55. The van der Waals surface area contributed by atoms with Crippen molar-refractivity contribution in [1.82, 2.24) is 10.2 Å². The smallest absolute Gasteiger partial charge is 0.0480 e. The molecule has 1 aliphatic carbocycles. The molecular weight excluding hydrogens is 256 g/mol. The van der Waals surface area contributed by atoms with Crippen LogP contribution in [0.1, 0.15) is 52.1 Å². The predicted octanol–water partition coefficient (Wildman–Crippen LogP) is 4.09. The van der Waals surface area contributed by atoms with Crippen LogP contribution in [0.15, 0.2) is 30.3 Å². The normalized spacial score (nSPS) is 18.2. The maximum absolute atomic E-state index is 3.75. The molecule has 0 heterocycles. The molecule has 2 rings (SSSR count). The van der Waals surface area contributed by atoms with Crippen LogP contribution in [0.25, 0.3) is 0 Å². The summed E-state index contributed by atoms with van der Waals surface area (Å²) in [6.07, 6.45) is 2.86. The third-order valence-electron chi connectivity index (χ3n) is 4.62. The molecule has 0 amide bonds. The molecule has 1 aliphatic rings. The minimum Gasteiger partial charge on any atom is -0.309 e. The summed E-state index contributed by atoms with van der Waals surface area (Å²) in [5, 5.41) is 3.75. The largest absolute Gasteiger partial charge is 0.309 e. The van der Waals surface area contributed by atoms with E-state index in [2.05, 4.69) is 68.2 Å². The second kappa shape index (κ2) is 7.95. The Morgan fingerprint density at radius 1 is 1.14 bits per heavy atom. The Balaban J connectivity index is 2.22. The van der Waals surface area contributed by atoms with E-state index in [1.165, 1.54) is 24.9 Å². The van der Waals surface area contributed by atoms with Crippen LogP contribution >= 0.6 is 0 Å². The molecule has 2 nitrogen and oxygen atoms in total. The molecule has 0 saturated heterocycles. The molecule has 1 aromatic rings. The Hall–Kier alpha value is -0.860. The third-order valence-corrected chi connectivity index (χ3v) is 4.62. The maximum atomic E-state index is 3.75. The Bertz CT molecular complexity index is 397. The van der Waals surface area contributed by atoms with Crippen molar-refractivity contribution in [3.8, 4) is 0 Å². The van der Waals surface area contributed by atoms with Gasteiger partial charge in [0.15, 0.2) is 0 Å². The second-order valence-corrected chi connectivity index (χ2v) is 6.71. The fraction of sp³-hybridized carbons (Fsp3) is 0.684. The van der Waals surface area contributed by atoms with Gasteiger partial charge in [-0.05, 0) is 43.3 Å². The van der Waals surface area contributed by atoms with Gasteiger partial charge in [-0.25, -0.2) is 0 Å². The Morgan fingerprint density at radius 3 is 2.29 bits per heavy atom. The first-order valence-corrected chi connectivity index (χ1v) is 8.69. The van der Waals surface area contributed by atoms with Crippen molar-refractivity contribution in [3.05, 3.63) is 35.9 Å². The zero-order chi connectivity index (χ0) is 15.2. The molecule has 0 aliphatic heterocycles. The van der Waals surface area contributed by atoms with Crippen LogP contribution in [0.3, 0.4) is 0 Å². The van der Waals surface area contributed by atoms with E-state index in [9.17, 15) is 0 Å². The average Bonchev–Trinajstić information content (AvgIpc) is 3.30. The van der Waals surface area contributed by atoms with Gasteiger partial charge in [0.05, 0.1) is 0 Å². The standard InChI is InChI=1S/C19H32N2/c1-5-20-18(17-10-8-7-9-11-17)19(15(3)4)21(6-2)14-16-12-13-16/h7-11,15-16,18-20H,5-6,12-14H2,1-4H3. The first-order valence-electron chi connectivity index (χ1n) is 8.69. The average molecular weight is 288 g/mol. The molecule has 0 spiro atoms. The molecule has 1 aromatic carbocycles. The summed E-state index contributed by atoms with van der Waals surface area (Å²) in [5.41, 5.74) is 1.42. The second-order valence-electron chi connectivity index (χ2n) is 6.71. The molecule has 0 aromatic heterocycles. The van der Waals surface area contributed by atoms with Gasteiger partial charge in [0.1, 0.15) is 0 Å². The van der Waals surface area contributed by atoms with Crippen molar-refractivity contribution in [1.29, 1.82) is 0 Å². The van der Waals surface area contributed by atoms with Gasteiger partial charge < -0.3 is 5.32 Å². The first-order chi connectivity index (χ1) is 10.2. The van der Waals surface area contributed by atoms with Gasteiger partial charge >= 0.3 is 0 Å². The number of likely N-dealkylation sites (N-methyl/N-ethyl adjacent to an activating group) is 2. The summed E-state index contributed by atoms with van der Waals surface area (Å²) in [4.78, 5) is 2.71. The number of rotatable bonds is 9. The van der Waals surface area contributed by atoms with Crippen LogP contribution in [-0.2, 0) is 0 Å². The van der Waals surface area contributed by atoms with Crippen LogP contribution in [0, 0.1) is 11.8 Å².